The lowest BCUT2D eigenvalue weighted by atomic mass is 10.1. The highest BCUT2D eigenvalue weighted by Gasteiger charge is 2.12. The van der Waals surface area contributed by atoms with Gasteiger partial charge in [-0.15, -0.1) is 0 Å². The van der Waals surface area contributed by atoms with Gasteiger partial charge in [0.2, 0.25) is 0 Å². The zero-order valence-electron chi connectivity index (χ0n) is 10.9. The summed E-state index contributed by atoms with van der Waals surface area (Å²) in [6.45, 7) is 0. The summed E-state index contributed by atoms with van der Waals surface area (Å²) in [5.41, 5.74) is 7.98. The van der Waals surface area contributed by atoms with Crippen LogP contribution < -0.4 is 10.6 Å². The molecule has 100 valence electrons. The first-order chi connectivity index (χ1) is 9.54. The van der Waals surface area contributed by atoms with Gasteiger partial charge >= 0.3 is 5.97 Å². The second kappa shape index (κ2) is 5.33. The molecule has 2 aromatic rings. The zero-order chi connectivity index (χ0) is 14.7. The van der Waals surface area contributed by atoms with Gasteiger partial charge in [0.25, 0.3) is 0 Å². The molecule has 5 heteroatoms. The van der Waals surface area contributed by atoms with Gasteiger partial charge in [0, 0.05) is 18.4 Å². The predicted octanol–water partition coefficient (Wildman–Crippen LogP) is 2.61. The molecule has 3 N–H and O–H groups in total. The second-order valence-electron chi connectivity index (χ2n) is 4.26. The minimum atomic E-state index is -1.06. The summed E-state index contributed by atoms with van der Waals surface area (Å²) in [5.74, 6) is -1.06. The van der Waals surface area contributed by atoms with E-state index < -0.39 is 5.97 Å². The van der Waals surface area contributed by atoms with Gasteiger partial charge in [0.05, 0.1) is 16.8 Å². The lowest BCUT2D eigenvalue weighted by Gasteiger charge is -2.21. The minimum absolute atomic E-state index is 0.0655. The van der Waals surface area contributed by atoms with Crippen LogP contribution in [-0.2, 0) is 0 Å². The van der Waals surface area contributed by atoms with Gasteiger partial charge in [-0.1, -0.05) is 12.1 Å². The fourth-order valence-corrected chi connectivity index (χ4v) is 1.95. The molecule has 0 radical (unpaired) electrons. The number of para-hydroxylation sites is 1. The summed E-state index contributed by atoms with van der Waals surface area (Å²) >= 11 is 0. The van der Waals surface area contributed by atoms with E-state index in [4.69, 9.17) is 16.1 Å². The number of anilines is 3. The quantitative estimate of drug-likeness (QED) is 0.834. The predicted molar refractivity (Wildman–Crippen MR) is 77.0 cm³/mol. The van der Waals surface area contributed by atoms with Crippen LogP contribution in [0.2, 0.25) is 0 Å². The van der Waals surface area contributed by atoms with E-state index in [1.165, 1.54) is 6.07 Å². The Balaban J connectivity index is 2.44. The Morgan fingerprint density at radius 1 is 1.30 bits per heavy atom. The third kappa shape index (κ3) is 2.40. The number of aromatic carboxylic acids is 1. The zero-order valence-corrected chi connectivity index (χ0v) is 10.9. The Kier molecular flexibility index (Phi) is 3.58. The van der Waals surface area contributed by atoms with E-state index in [1.807, 2.05) is 12.1 Å². The molecular formula is C15H13N3O2. The van der Waals surface area contributed by atoms with Gasteiger partial charge in [-0.2, -0.15) is 5.26 Å². The number of nitrogens with two attached hydrogens (primary N) is 1. The molecule has 0 fully saturated rings. The molecule has 0 saturated carbocycles. The van der Waals surface area contributed by atoms with Crippen LogP contribution in [0.3, 0.4) is 0 Å². The van der Waals surface area contributed by atoms with Crippen LogP contribution in [0.4, 0.5) is 17.1 Å². The smallest absolute Gasteiger partial charge is 0.337 e. The van der Waals surface area contributed by atoms with Crippen molar-refractivity contribution >= 4 is 23.0 Å². The highest BCUT2D eigenvalue weighted by Crippen LogP contribution is 2.29. The Hall–Kier alpha value is -3.00. The van der Waals surface area contributed by atoms with Crippen LogP contribution in [0, 0.1) is 11.3 Å². The number of nitrogens with zero attached hydrogens (tertiary/aromatic N) is 2. The van der Waals surface area contributed by atoms with Gasteiger partial charge in [-0.05, 0) is 30.3 Å². The lowest BCUT2D eigenvalue weighted by Crippen LogP contribution is -2.12. The maximum absolute atomic E-state index is 10.9. The number of benzene rings is 2. The van der Waals surface area contributed by atoms with Crippen molar-refractivity contribution in [2.75, 3.05) is 17.7 Å². The summed E-state index contributed by atoms with van der Waals surface area (Å²) in [6, 6.07) is 14.0. The molecule has 0 spiro atoms. The average Bonchev–Trinajstić information content (AvgIpc) is 2.45. The van der Waals surface area contributed by atoms with Gasteiger partial charge in [0.1, 0.15) is 6.07 Å². The number of hydrogen-bond donors (Lipinski definition) is 2. The maximum Gasteiger partial charge on any atom is 0.337 e. The van der Waals surface area contributed by atoms with E-state index >= 15 is 0 Å². The summed E-state index contributed by atoms with van der Waals surface area (Å²) in [7, 11) is 1.80. The van der Waals surface area contributed by atoms with Crippen molar-refractivity contribution in [3.8, 4) is 6.07 Å². The molecule has 0 bridgehead atoms. The average molecular weight is 267 g/mol. The normalized spacial score (nSPS) is 9.80. The van der Waals surface area contributed by atoms with Crippen molar-refractivity contribution in [3.63, 3.8) is 0 Å². The Morgan fingerprint density at radius 3 is 2.60 bits per heavy atom. The summed E-state index contributed by atoms with van der Waals surface area (Å²) in [4.78, 5) is 12.7. The number of carboxylic acids is 1. The fraction of sp³-hybridized carbons (Fsp3) is 0.0667. The van der Waals surface area contributed by atoms with Crippen molar-refractivity contribution in [1.82, 2.24) is 0 Å². The SMILES string of the molecule is CN(c1ccc(C(=O)O)c(N)c1)c1ccccc1C#N. The summed E-state index contributed by atoms with van der Waals surface area (Å²) in [6.07, 6.45) is 0. The molecule has 2 rings (SSSR count). The van der Waals surface area contributed by atoms with Crippen LogP contribution >= 0.6 is 0 Å². The summed E-state index contributed by atoms with van der Waals surface area (Å²) in [5, 5.41) is 18.1. The third-order valence-corrected chi connectivity index (χ3v) is 3.04. The molecule has 0 aliphatic carbocycles. The van der Waals surface area contributed by atoms with Crippen LogP contribution in [0.1, 0.15) is 15.9 Å². The lowest BCUT2D eigenvalue weighted by molar-refractivity contribution is 0.0698. The van der Waals surface area contributed by atoms with Crippen molar-refractivity contribution < 1.29 is 9.90 Å². The monoisotopic (exact) mass is 267 g/mol. The Bertz CT molecular complexity index is 705. The Morgan fingerprint density at radius 2 is 2.00 bits per heavy atom. The molecule has 0 unspecified atom stereocenters. The van der Waals surface area contributed by atoms with E-state index in [0.29, 0.717) is 5.56 Å². The van der Waals surface area contributed by atoms with Crippen LogP contribution in [0.5, 0.6) is 0 Å². The van der Waals surface area contributed by atoms with Crippen molar-refractivity contribution in [3.05, 3.63) is 53.6 Å². The molecule has 0 heterocycles. The first-order valence-corrected chi connectivity index (χ1v) is 5.90. The van der Waals surface area contributed by atoms with Crippen molar-refractivity contribution in [2.45, 2.75) is 0 Å². The van der Waals surface area contributed by atoms with E-state index in [2.05, 4.69) is 6.07 Å². The number of nitriles is 1. The molecule has 20 heavy (non-hydrogen) atoms. The standard InChI is InChI=1S/C15H13N3O2/c1-18(14-5-3-2-4-10(14)9-16)11-6-7-12(15(19)20)13(17)8-11/h2-8H,17H2,1H3,(H,19,20). The van der Waals surface area contributed by atoms with Crippen LogP contribution in [0.15, 0.2) is 42.5 Å². The van der Waals surface area contributed by atoms with Gasteiger partial charge < -0.3 is 15.7 Å². The van der Waals surface area contributed by atoms with Gasteiger partial charge in [-0.25, -0.2) is 4.79 Å². The van der Waals surface area contributed by atoms with Gasteiger partial charge in [0.15, 0.2) is 0 Å². The molecule has 0 aromatic heterocycles. The molecule has 0 atom stereocenters. The van der Waals surface area contributed by atoms with Crippen LogP contribution in [0.25, 0.3) is 0 Å². The number of nitrogen functional groups attached to an aromatic ring is 1. The molecule has 5 nitrogen and oxygen atoms in total. The topological polar surface area (TPSA) is 90.3 Å². The Labute approximate surface area is 116 Å². The van der Waals surface area contributed by atoms with E-state index in [-0.39, 0.29) is 11.3 Å². The first kappa shape index (κ1) is 13.4. The number of rotatable bonds is 3. The second-order valence-corrected chi connectivity index (χ2v) is 4.26. The largest absolute Gasteiger partial charge is 0.478 e. The number of hydrogen-bond acceptors (Lipinski definition) is 4. The molecule has 0 saturated heterocycles. The summed E-state index contributed by atoms with van der Waals surface area (Å²) < 4.78 is 0. The molecule has 0 amide bonds. The van der Waals surface area contributed by atoms with Crippen LogP contribution in [-0.4, -0.2) is 18.1 Å². The molecule has 0 aliphatic heterocycles. The van der Waals surface area contributed by atoms with E-state index in [0.717, 1.165) is 11.4 Å². The fourth-order valence-electron chi connectivity index (χ4n) is 1.95. The number of carbonyl (C=O) groups is 1. The van der Waals surface area contributed by atoms with Gasteiger partial charge in [-0.3, -0.25) is 0 Å². The third-order valence-electron chi connectivity index (χ3n) is 3.04. The van der Waals surface area contributed by atoms with E-state index in [9.17, 15) is 4.79 Å². The molecule has 0 aliphatic rings. The van der Waals surface area contributed by atoms with Crippen molar-refractivity contribution in [2.24, 2.45) is 0 Å². The highest BCUT2D eigenvalue weighted by molar-refractivity contribution is 5.94. The first-order valence-electron chi connectivity index (χ1n) is 5.90. The van der Waals surface area contributed by atoms with Crippen molar-refractivity contribution in [1.29, 1.82) is 5.26 Å². The van der Waals surface area contributed by atoms with E-state index in [1.54, 1.807) is 36.2 Å². The molecule has 2 aromatic carbocycles. The molecular weight excluding hydrogens is 254 g/mol. The number of carboxylic acid groups (broad SMARTS) is 1. The maximum atomic E-state index is 10.9. The minimum Gasteiger partial charge on any atom is -0.478 e. The highest BCUT2D eigenvalue weighted by atomic mass is 16.4.